The Labute approximate surface area is 192 Å². The highest BCUT2D eigenvalue weighted by Crippen LogP contribution is 2.32. The van der Waals surface area contributed by atoms with E-state index in [0.29, 0.717) is 54.7 Å². The molecule has 0 aliphatic carbocycles. The molecule has 3 aromatic rings. The first-order chi connectivity index (χ1) is 16.0. The number of anilines is 1. The summed E-state index contributed by atoms with van der Waals surface area (Å²) in [6.45, 7) is 5.72. The summed E-state index contributed by atoms with van der Waals surface area (Å²) in [5.74, 6) is 0.956. The Balaban J connectivity index is 1.37. The third-order valence-corrected chi connectivity index (χ3v) is 6.28. The van der Waals surface area contributed by atoms with Crippen LogP contribution < -0.4 is 10.1 Å². The summed E-state index contributed by atoms with van der Waals surface area (Å²) in [7, 11) is 0. The van der Waals surface area contributed by atoms with Gasteiger partial charge in [0.15, 0.2) is 0 Å². The van der Waals surface area contributed by atoms with E-state index in [0.717, 1.165) is 11.1 Å². The van der Waals surface area contributed by atoms with Crippen molar-refractivity contribution in [1.82, 2.24) is 15.0 Å². The molecule has 0 saturated carbocycles. The van der Waals surface area contributed by atoms with Crippen molar-refractivity contribution in [2.45, 2.75) is 19.9 Å². The molecule has 5 rings (SSSR count). The molecule has 0 bridgehead atoms. The zero-order valence-electron chi connectivity index (χ0n) is 18.7. The SMILES string of the molecule is Cc1noc(C)c1C(=O)N1CCN2CC(=O)Nc3cc(-c4ccccc4)ccc3OC[C@@H]2C1. The zero-order chi connectivity index (χ0) is 22.9. The van der Waals surface area contributed by atoms with Gasteiger partial charge in [0, 0.05) is 19.6 Å². The number of aryl methyl sites for hydroxylation is 2. The number of hydrogen-bond acceptors (Lipinski definition) is 6. The highest BCUT2D eigenvalue weighted by atomic mass is 16.5. The maximum Gasteiger partial charge on any atom is 0.259 e. The van der Waals surface area contributed by atoms with E-state index in [-0.39, 0.29) is 24.4 Å². The second-order valence-electron chi connectivity index (χ2n) is 8.51. The number of nitrogens with one attached hydrogen (secondary N) is 1. The molecule has 2 aromatic carbocycles. The van der Waals surface area contributed by atoms with Gasteiger partial charge in [0.05, 0.1) is 24.0 Å². The van der Waals surface area contributed by atoms with Gasteiger partial charge in [-0.25, -0.2) is 0 Å². The van der Waals surface area contributed by atoms with Crippen molar-refractivity contribution in [3.05, 3.63) is 65.5 Å². The minimum absolute atomic E-state index is 0.0943. The van der Waals surface area contributed by atoms with E-state index in [4.69, 9.17) is 9.26 Å². The lowest BCUT2D eigenvalue weighted by Crippen LogP contribution is -2.58. The fraction of sp³-hybridized carbons (Fsp3) is 0.320. The fourth-order valence-electron chi connectivity index (χ4n) is 4.51. The van der Waals surface area contributed by atoms with Gasteiger partial charge in [0.2, 0.25) is 5.91 Å². The molecule has 1 fully saturated rings. The van der Waals surface area contributed by atoms with Crippen LogP contribution >= 0.6 is 0 Å². The van der Waals surface area contributed by atoms with Gasteiger partial charge in [-0.3, -0.25) is 14.5 Å². The third-order valence-electron chi connectivity index (χ3n) is 6.28. The van der Waals surface area contributed by atoms with Gasteiger partial charge in [0.25, 0.3) is 5.91 Å². The quantitative estimate of drug-likeness (QED) is 0.651. The van der Waals surface area contributed by atoms with Crippen molar-refractivity contribution in [1.29, 1.82) is 0 Å². The summed E-state index contributed by atoms with van der Waals surface area (Å²) >= 11 is 0. The molecule has 33 heavy (non-hydrogen) atoms. The molecule has 0 spiro atoms. The molecule has 8 heteroatoms. The van der Waals surface area contributed by atoms with Crippen LogP contribution in [0.1, 0.15) is 21.8 Å². The van der Waals surface area contributed by atoms with Crippen LogP contribution in [0.15, 0.2) is 53.1 Å². The number of hydrogen-bond donors (Lipinski definition) is 1. The van der Waals surface area contributed by atoms with Gasteiger partial charge in [0.1, 0.15) is 23.7 Å². The Morgan fingerprint density at radius 3 is 2.67 bits per heavy atom. The number of piperazine rings is 1. The molecular weight excluding hydrogens is 420 g/mol. The number of fused-ring (bicyclic) bond motifs is 2. The van der Waals surface area contributed by atoms with E-state index in [9.17, 15) is 9.59 Å². The Hall–Kier alpha value is -3.65. The van der Waals surface area contributed by atoms with E-state index in [1.54, 1.807) is 18.7 Å². The molecule has 2 aliphatic rings. The molecule has 1 saturated heterocycles. The Morgan fingerprint density at radius 1 is 1.09 bits per heavy atom. The number of rotatable bonds is 2. The van der Waals surface area contributed by atoms with Crippen LogP contribution in [-0.4, -0.2) is 65.6 Å². The van der Waals surface area contributed by atoms with Crippen LogP contribution in [0.5, 0.6) is 5.75 Å². The molecule has 8 nitrogen and oxygen atoms in total. The van der Waals surface area contributed by atoms with Gasteiger partial charge in [-0.2, -0.15) is 0 Å². The first kappa shape index (κ1) is 21.2. The largest absolute Gasteiger partial charge is 0.490 e. The van der Waals surface area contributed by atoms with E-state index in [2.05, 4.69) is 15.4 Å². The molecule has 170 valence electrons. The van der Waals surface area contributed by atoms with E-state index >= 15 is 0 Å². The Morgan fingerprint density at radius 2 is 1.91 bits per heavy atom. The lowest BCUT2D eigenvalue weighted by molar-refractivity contribution is -0.118. The van der Waals surface area contributed by atoms with Crippen molar-refractivity contribution < 1.29 is 18.8 Å². The lowest BCUT2D eigenvalue weighted by Gasteiger charge is -2.40. The van der Waals surface area contributed by atoms with Crippen LogP contribution in [0.4, 0.5) is 5.69 Å². The Bertz CT molecular complexity index is 1170. The number of aromatic nitrogens is 1. The second kappa shape index (κ2) is 8.71. The number of amides is 2. The lowest BCUT2D eigenvalue weighted by atomic mass is 10.0. The first-order valence-corrected chi connectivity index (χ1v) is 11.1. The fourth-order valence-corrected chi connectivity index (χ4v) is 4.51. The minimum atomic E-state index is -0.103. The van der Waals surface area contributed by atoms with Gasteiger partial charge in [-0.05, 0) is 37.1 Å². The topological polar surface area (TPSA) is 87.9 Å². The van der Waals surface area contributed by atoms with Crippen LogP contribution in [-0.2, 0) is 4.79 Å². The average Bonchev–Trinajstić information content (AvgIpc) is 3.19. The van der Waals surface area contributed by atoms with Crippen molar-refractivity contribution in [3.63, 3.8) is 0 Å². The normalized spacial score (nSPS) is 18.8. The molecule has 2 aliphatic heterocycles. The highest BCUT2D eigenvalue weighted by molar-refractivity contribution is 5.96. The maximum absolute atomic E-state index is 13.1. The van der Waals surface area contributed by atoms with Crippen LogP contribution in [0.2, 0.25) is 0 Å². The molecule has 1 N–H and O–H groups in total. The molecule has 2 amide bonds. The number of carbonyl (C=O) groups excluding carboxylic acids is 2. The number of ether oxygens (including phenoxy) is 1. The van der Waals surface area contributed by atoms with Crippen molar-refractivity contribution >= 4 is 17.5 Å². The summed E-state index contributed by atoms with van der Waals surface area (Å²) in [6.07, 6.45) is 0. The molecular formula is C25H26N4O4. The third kappa shape index (κ3) is 4.21. The van der Waals surface area contributed by atoms with Gasteiger partial charge >= 0.3 is 0 Å². The smallest absolute Gasteiger partial charge is 0.259 e. The summed E-state index contributed by atoms with van der Waals surface area (Å²) in [5, 5.41) is 6.92. The number of nitrogens with zero attached hydrogens (tertiary/aromatic N) is 3. The van der Waals surface area contributed by atoms with Crippen LogP contribution in [0, 0.1) is 13.8 Å². The molecule has 1 atom stereocenters. The summed E-state index contributed by atoms with van der Waals surface area (Å²) in [6, 6.07) is 15.7. The van der Waals surface area contributed by atoms with Crippen molar-refractivity contribution in [3.8, 4) is 16.9 Å². The van der Waals surface area contributed by atoms with E-state index < -0.39 is 0 Å². The second-order valence-corrected chi connectivity index (χ2v) is 8.51. The monoisotopic (exact) mass is 446 g/mol. The Kier molecular flexibility index (Phi) is 5.60. The van der Waals surface area contributed by atoms with E-state index in [1.807, 2.05) is 48.5 Å². The average molecular weight is 447 g/mol. The van der Waals surface area contributed by atoms with Crippen LogP contribution in [0.25, 0.3) is 11.1 Å². The standard InChI is InChI=1S/C25H26N4O4/c1-16-24(17(2)33-27-16)25(31)29-11-10-28-14-23(30)26-21-12-19(18-6-4-3-5-7-18)8-9-22(21)32-15-20(28)13-29/h3-9,12,20H,10-11,13-15H2,1-2H3,(H,26,30)/t20-/m0/s1. The van der Waals surface area contributed by atoms with Gasteiger partial charge < -0.3 is 19.5 Å². The minimum Gasteiger partial charge on any atom is -0.490 e. The molecule has 0 unspecified atom stereocenters. The first-order valence-electron chi connectivity index (χ1n) is 11.1. The molecule has 0 radical (unpaired) electrons. The number of carbonyl (C=O) groups is 2. The van der Waals surface area contributed by atoms with Gasteiger partial charge in [-0.1, -0.05) is 41.6 Å². The zero-order valence-corrected chi connectivity index (χ0v) is 18.7. The van der Waals surface area contributed by atoms with Crippen molar-refractivity contribution in [2.24, 2.45) is 0 Å². The predicted octanol–water partition coefficient (Wildman–Crippen LogP) is 3.12. The van der Waals surface area contributed by atoms with Crippen molar-refractivity contribution in [2.75, 3.05) is 38.1 Å². The van der Waals surface area contributed by atoms with Crippen LogP contribution in [0.3, 0.4) is 0 Å². The molecule has 3 heterocycles. The summed E-state index contributed by atoms with van der Waals surface area (Å²) in [5.41, 5.74) is 3.84. The summed E-state index contributed by atoms with van der Waals surface area (Å²) < 4.78 is 11.3. The highest BCUT2D eigenvalue weighted by Gasteiger charge is 2.34. The van der Waals surface area contributed by atoms with E-state index in [1.165, 1.54) is 0 Å². The van der Waals surface area contributed by atoms with Gasteiger partial charge in [-0.15, -0.1) is 0 Å². The number of benzene rings is 2. The summed E-state index contributed by atoms with van der Waals surface area (Å²) in [4.78, 5) is 29.8. The predicted molar refractivity (Wildman–Crippen MR) is 123 cm³/mol. The molecule has 1 aromatic heterocycles. The maximum atomic E-state index is 13.1.